The van der Waals surface area contributed by atoms with Gasteiger partial charge in [-0.25, -0.2) is 0 Å². The van der Waals surface area contributed by atoms with Gasteiger partial charge in [-0.3, -0.25) is 0 Å². The molecule has 0 spiro atoms. The molecule has 1 aromatic rings. The van der Waals surface area contributed by atoms with Crippen LogP contribution in [0.15, 0.2) is 18.2 Å². The topological polar surface area (TPSA) is 49.7 Å². The normalized spacial score (nSPS) is 12.4. The van der Waals surface area contributed by atoms with Crippen molar-refractivity contribution in [3.05, 3.63) is 29.3 Å². The van der Waals surface area contributed by atoms with Crippen molar-refractivity contribution >= 4 is 7.32 Å². The number of hydrogen-bond donors (Lipinski definition) is 2. The van der Waals surface area contributed by atoms with Crippen molar-refractivity contribution in [1.82, 2.24) is 0 Å². The Morgan fingerprint density at radius 3 is 1.56 bits per heavy atom. The van der Waals surface area contributed by atoms with Crippen molar-refractivity contribution in [3.63, 3.8) is 0 Å². The fourth-order valence-electron chi connectivity index (χ4n) is 1.22. The van der Waals surface area contributed by atoms with Crippen molar-refractivity contribution in [2.45, 2.75) is 12.4 Å². The molecule has 100 valence electrons. The maximum absolute atomic E-state index is 12.5. The van der Waals surface area contributed by atoms with Gasteiger partial charge in [0.05, 0.1) is 11.1 Å². The van der Waals surface area contributed by atoms with Crippen LogP contribution < -0.4 is 4.65 Å². The molecule has 0 bridgehead atoms. The van der Waals surface area contributed by atoms with Crippen LogP contribution in [0.2, 0.25) is 0 Å². The van der Waals surface area contributed by atoms with Gasteiger partial charge < -0.3 is 14.7 Å². The first-order valence-electron chi connectivity index (χ1n) is 4.33. The van der Waals surface area contributed by atoms with E-state index in [-0.39, 0.29) is 0 Å². The largest absolute Gasteiger partial charge is 0.707 e. The second-order valence-corrected chi connectivity index (χ2v) is 3.12. The molecule has 1 rings (SSSR count). The molecule has 0 aliphatic rings. The fraction of sp³-hybridized carbons (Fsp3) is 0.250. The number of benzene rings is 1. The van der Waals surface area contributed by atoms with Gasteiger partial charge in [0.2, 0.25) is 0 Å². The Labute approximate surface area is 96.8 Å². The predicted molar refractivity (Wildman–Crippen MR) is 47.3 cm³/mol. The first-order chi connectivity index (χ1) is 8.03. The Bertz CT molecular complexity index is 396. The average Bonchev–Trinajstić information content (AvgIpc) is 2.13. The summed E-state index contributed by atoms with van der Waals surface area (Å²) in [5, 5.41) is 16.8. The molecular weight excluding hydrogens is 269 g/mol. The maximum atomic E-state index is 12.5. The molecule has 0 aromatic heterocycles. The van der Waals surface area contributed by atoms with Gasteiger partial charge in [-0.15, -0.1) is 0 Å². The van der Waals surface area contributed by atoms with Gasteiger partial charge in [-0.05, 0) is 12.1 Å². The molecule has 0 aliphatic carbocycles. The molecule has 0 fully saturated rings. The Morgan fingerprint density at radius 1 is 0.889 bits per heavy atom. The highest BCUT2D eigenvalue weighted by molar-refractivity contribution is 6.33. The van der Waals surface area contributed by atoms with Gasteiger partial charge in [-0.1, -0.05) is 6.07 Å². The lowest BCUT2D eigenvalue weighted by atomic mass is 10.1. The summed E-state index contributed by atoms with van der Waals surface area (Å²) in [6.07, 6.45) is -10.2. The quantitative estimate of drug-likeness (QED) is 0.641. The Morgan fingerprint density at radius 2 is 1.28 bits per heavy atom. The lowest BCUT2D eigenvalue weighted by Gasteiger charge is -2.18. The molecule has 10 heteroatoms. The van der Waals surface area contributed by atoms with E-state index in [0.29, 0.717) is 18.2 Å². The summed E-state index contributed by atoms with van der Waals surface area (Å²) in [7, 11) is -2.80. The number of hydrogen-bond acceptors (Lipinski definition) is 3. The summed E-state index contributed by atoms with van der Waals surface area (Å²) in [5.41, 5.74) is -3.49. The lowest BCUT2D eigenvalue weighted by Crippen LogP contribution is -2.25. The molecule has 0 saturated heterocycles. The van der Waals surface area contributed by atoms with Crippen LogP contribution in [0.1, 0.15) is 11.1 Å². The molecule has 2 N–H and O–H groups in total. The summed E-state index contributed by atoms with van der Waals surface area (Å²) in [4.78, 5) is 0. The first-order valence-corrected chi connectivity index (χ1v) is 4.33. The third-order valence-corrected chi connectivity index (χ3v) is 1.85. The minimum atomic E-state index is -5.12. The van der Waals surface area contributed by atoms with E-state index in [9.17, 15) is 26.3 Å². The highest BCUT2D eigenvalue weighted by Crippen LogP contribution is 2.44. The molecule has 0 unspecified atom stereocenters. The minimum absolute atomic E-state index is 0.340. The molecule has 1 aromatic carbocycles. The van der Waals surface area contributed by atoms with Gasteiger partial charge >= 0.3 is 19.7 Å². The van der Waals surface area contributed by atoms with Crippen LogP contribution in [0.3, 0.4) is 0 Å². The van der Waals surface area contributed by atoms with E-state index in [2.05, 4.69) is 4.65 Å². The molecule has 0 radical (unpaired) electrons. The van der Waals surface area contributed by atoms with Crippen LogP contribution in [0.5, 0.6) is 5.75 Å². The molecule has 0 saturated carbocycles. The molecular formula is C8H5BF6O3. The van der Waals surface area contributed by atoms with E-state index >= 15 is 0 Å². The molecule has 18 heavy (non-hydrogen) atoms. The number of para-hydroxylation sites is 1. The van der Waals surface area contributed by atoms with Gasteiger partial charge in [0.15, 0.2) is 0 Å². The average molecular weight is 274 g/mol. The van der Waals surface area contributed by atoms with Crippen molar-refractivity contribution < 1.29 is 41.0 Å². The smallest absolute Gasteiger partial charge is 0.511 e. The highest BCUT2D eigenvalue weighted by Gasteiger charge is 2.42. The second-order valence-electron chi connectivity index (χ2n) is 3.12. The maximum Gasteiger partial charge on any atom is 0.707 e. The summed E-state index contributed by atoms with van der Waals surface area (Å²) < 4.78 is 78.5. The predicted octanol–water partition coefficient (Wildman–Crippen LogP) is 2.07. The van der Waals surface area contributed by atoms with E-state index in [1.54, 1.807) is 0 Å². The summed E-state index contributed by atoms with van der Waals surface area (Å²) >= 11 is 0. The zero-order chi connectivity index (χ0) is 14.1. The summed E-state index contributed by atoms with van der Waals surface area (Å²) in [6.45, 7) is 0. The third kappa shape index (κ3) is 3.29. The molecule has 0 aliphatic heterocycles. The van der Waals surface area contributed by atoms with Crippen LogP contribution >= 0.6 is 0 Å². The van der Waals surface area contributed by atoms with Gasteiger partial charge in [-0.2, -0.15) is 26.3 Å². The summed E-state index contributed by atoms with van der Waals surface area (Å²) in [5.74, 6) is -1.67. The third-order valence-electron chi connectivity index (χ3n) is 1.85. The number of halogens is 6. The second kappa shape index (κ2) is 4.69. The van der Waals surface area contributed by atoms with E-state index in [4.69, 9.17) is 10.0 Å². The van der Waals surface area contributed by atoms with Crippen molar-refractivity contribution in [2.24, 2.45) is 0 Å². The molecule has 0 heterocycles. The van der Waals surface area contributed by atoms with E-state index in [0.717, 1.165) is 0 Å². The standard InChI is InChI=1S/C8H5BF6O3/c10-7(11,12)4-2-1-3-5(8(13,14)15)6(4)18-9(16)17/h1-3,16-17H. The molecule has 0 amide bonds. The van der Waals surface area contributed by atoms with E-state index in [1.807, 2.05) is 0 Å². The molecule has 3 nitrogen and oxygen atoms in total. The number of rotatable bonds is 2. The fourth-order valence-corrected chi connectivity index (χ4v) is 1.22. The Hall–Kier alpha value is -1.42. The van der Waals surface area contributed by atoms with Crippen LogP contribution in [0.25, 0.3) is 0 Å². The van der Waals surface area contributed by atoms with Gasteiger partial charge in [0, 0.05) is 0 Å². The van der Waals surface area contributed by atoms with Crippen LogP contribution in [-0.2, 0) is 12.4 Å². The van der Waals surface area contributed by atoms with Gasteiger partial charge in [0.1, 0.15) is 5.75 Å². The van der Waals surface area contributed by atoms with Crippen LogP contribution in [-0.4, -0.2) is 17.4 Å². The van der Waals surface area contributed by atoms with Crippen molar-refractivity contribution in [3.8, 4) is 5.75 Å². The van der Waals surface area contributed by atoms with E-state index in [1.165, 1.54) is 0 Å². The zero-order valence-electron chi connectivity index (χ0n) is 8.38. The molecule has 0 atom stereocenters. The SMILES string of the molecule is OB(O)Oc1c(C(F)(F)F)cccc1C(F)(F)F. The van der Waals surface area contributed by atoms with Crippen molar-refractivity contribution in [2.75, 3.05) is 0 Å². The monoisotopic (exact) mass is 274 g/mol. The number of alkyl halides is 6. The summed E-state index contributed by atoms with van der Waals surface area (Å²) in [6, 6.07) is 1.22. The van der Waals surface area contributed by atoms with Crippen molar-refractivity contribution in [1.29, 1.82) is 0 Å². The van der Waals surface area contributed by atoms with Gasteiger partial charge in [0.25, 0.3) is 0 Å². The van der Waals surface area contributed by atoms with E-state index < -0.39 is 36.6 Å². The minimum Gasteiger partial charge on any atom is -0.511 e. The zero-order valence-corrected chi connectivity index (χ0v) is 8.38. The Balaban J connectivity index is 3.45. The van der Waals surface area contributed by atoms with Crippen LogP contribution in [0, 0.1) is 0 Å². The lowest BCUT2D eigenvalue weighted by molar-refractivity contribution is -0.144. The van der Waals surface area contributed by atoms with Crippen LogP contribution in [0.4, 0.5) is 26.3 Å². The first kappa shape index (κ1) is 14.6. The Kier molecular flexibility index (Phi) is 3.82. The highest BCUT2D eigenvalue weighted by atomic mass is 19.4.